The Labute approximate surface area is 163 Å². The number of hydrogen-bond donors (Lipinski definition) is 1. The van der Waals surface area contributed by atoms with E-state index >= 15 is 0 Å². The van der Waals surface area contributed by atoms with Crippen LogP contribution in [0.5, 0.6) is 0 Å². The predicted octanol–water partition coefficient (Wildman–Crippen LogP) is 2.67. The first kappa shape index (κ1) is 19.0. The van der Waals surface area contributed by atoms with Crippen LogP contribution in [0.15, 0.2) is 30.5 Å². The van der Waals surface area contributed by atoms with E-state index in [0.717, 1.165) is 56.4 Å². The van der Waals surface area contributed by atoms with Crippen LogP contribution in [0, 0.1) is 11.6 Å². The van der Waals surface area contributed by atoms with Gasteiger partial charge in [0.25, 0.3) is 0 Å². The molecule has 4 rings (SSSR count). The topological polar surface area (TPSA) is 53.5 Å². The van der Waals surface area contributed by atoms with E-state index in [0.29, 0.717) is 25.8 Å². The summed E-state index contributed by atoms with van der Waals surface area (Å²) >= 11 is 0. The number of nitrogens with zero attached hydrogens (tertiary/aromatic N) is 4. The van der Waals surface area contributed by atoms with Crippen LogP contribution in [0.1, 0.15) is 18.4 Å². The quantitative estimate of drug-likeness (QED) is 0.849. The fourth-order valence-corrected chi connectivity index (χ4v) is 3.69. The van der Waals surface area contributed by atoms with Gasteiger partial charge in [0.1, 0.15) is 5.82 Å². The van der Waals surface area contributed by atoms with Crippen molar-refractivity contribution in [2.75, 3.05) is 49.6 Å². The van der Waals surface area contributed by atoms with E-state index in [1.54, 1.807) is 12.3 Å². The number of anilines is 2. The molecule has 2 fully saturated rings. The van der Waals surface area contributed by atoms with Crippen LogP contribution in [0.4, 0.5) is 20.5 Å². The minimum Gasteiger partial charge on any atom is -0.378 e. The highest BCUT2D eigenvalue weighted by molar-refractivity contribution is 5.42. The highest BCUT2D eigenvalue weighted by Crippen LogP contribution is 2.19. The van der Waals surface area contributed by atoms with Gasteiger partial charge in [0.15, 0.2) is 11.6 Å². The Bertz CT molecular complexity index is 792. The van der Waals surface area contributed by atoms with Gasteiger partial charge < -0.3 is 15.0 Å². The molecule has 0 unspecified atom stereocenters. The standard InChI is InChI=1S/C20H25F2N5O/c21-17-2-1-15(13-18(17)22)14-26-7-4-16(5-8-26)24-19-3-6-23-20(25-19)27-9-11-28-12-10-27/h1-3,6,13,16H,4-5,7-12,14H2,(H,23,24,25). The minimum absolute atomic E-state index is 0.341. The largest absolute Gasteiger partial charge is 0.378 e. The molecule has 0 saturated carbocycles. The fraction of sp³-hybridized carbons (Fsp3) is 0.500. The Morgan fingerprint density at radius 3 is 2.57 bits per heavy atom. The summed E-state index contributed by atoms with van der Waals surface area (Å²) in [6.45, 7) is 5.47. The Hall–Kier alpha value is -2.32. The maximum atomic E-state index is 13.4. The van der Waals surface area contributed by atoms with Crippen molar-refractivity contribution in [3.8, 4) is 0 Å². The van der Waals surface area contributed by atoms with E-state index < -0.39 is 11.6 Å². The molecule has 2 saturated heterocycles. The number of ether oxygens (including phenoxy) is 1. The first-order valence-corrected chi connectivity index (χ1v) is 9.76. The van der Waals surface area contributed by atoms with Gasteiger partial charge in [-0.1, -0.05) is 6.07 Å². The molecule has 2 aromatic rings. The van der Waals surface area contributed by atoms with Gasteiger partial charge in [-0.2, -0.15) is 4.98 Å². The molecule has 150 valence electrons. The molecule has 2 aliphatic heterocycles. The molecule has 0 radical (unpaired) electrons. The number of halogens is 2. The number of rotatable bonds is 5. The fourth-order valence-electron chi connectivity index (χ4n) is 3.69. The van der Waals surface area contributed by atoms with Crippen LogP contribution in [-0.2, 0) is 11.3 Å². The predicted molar refractivity (Wildman–Crippen MR) is 103 cm³/mol. The van der Waals surface area contributed by atoms with Gasteiger partial charge in [-0.05, 0) is 36.6 Å². The normalized spacial score (nSPS) is 19.0. The van der Waals surface area contributed by atoms with Crippen LogP contribution in [0.3, 0.4) is 0 Å². The number of nitrogens with one attached hydrogen (secondary N) is 1. The molecule has 1 aromatic heterocycles. The molecule has 0 amide bonds. The molecule has 6 nitrogen and oxygen atoms in total. The van der Waals surface area contributed by atoms with E-state index in [1.165, 1.54) is 12.1 Å². The molecule has 8 heteroatoms. The van der Waals surface area contributed by atoms with Crippen LogP contribution in [0.25, 0.3) is 0 Å². The molecule has 0 bridgehead atoms. The van der Waals surface area contributed by atoms with E-state index in [2.05, 4.69) is 25.1 Å². The molecule has 1 aromatic carbocycles. The van der Waals surface area contributed by atoms with Crippen molar-refractivity contribution in [2.45, 2.75) is 25.4 Å². The molecule has 0 atom stereocenters. The average molecular weight is 389 g/mol. The lowest BCUT2D eigenvalue weighted by atomic mass is 10.0. The number of piperidine rings is 1. The van der Waals surface area contributed by atoms with Gasteiger partial charge in [0.2, 0.25) is 5.95 Å². The van der Waals surface area contributed by atoms with Crippen LogP contribution in [-0.4, -0.2) is 60.3 Å². The highest BCUT2D eigenvalue weighted by Gasteiger charge is 2.21. The van der Waals surface area contributed by atoms with E-state index in [-0.39, 0.29) is 0 Å². The first-order chi connectivity index (χ1) is 13.7. The molecule has 0 aliphatic carbocycles. The van der Waals surface area contributed by atoms with Crippen molar-refractivity contribution in [1.82, 2.24) is 14.9 Å². The summed E-state index contributed by atoms with van der Waals surface area (Å²) in [5.74, 6) is 0.00136. The third-order valence-electron chi connectivity index (χ3n) is 5.27. The van der Waals surface area contributed by atoms with Gasteiger partial charge in [-0.25, -0.2) is 13.8 Å². The van der Waals surface area contributed by atoms with Crippen LogP contribution in [0.2, 0.25) is 0 Å². The average Bonchev–Trinajstić information content (AvgIpc) is 2.73. The van der Waals surface area contributed by atoms with Crippen LogP contribution >= 0.6 is 0 Å². The second-order valence-corrected chi connectivity index (χ2v) is 7.28. The third-order valence-corrected chi connectivity index (χ3v) is 5.27. The second-order valence-electron chi connectivity index (χ2n) is 7.28. The van der Waals surface area contributed by atoms with E-state index in [1.807, 2.05) is 6.07 Å². The van der Waals surface area contributed by atoms with Crippen molar-refractivity contribution in [3.63, 3.8) is 0 Å². The maximum Gasteiger partial charge on any atom is 0.227 e. The van der Waals surface area contributed by atoms with E-state index in [4.69, 9.17) is 4.74 Å². The SMILES string of the molecule is Fc1ccc(CN2CCC(Nc3ccnc(N4CCOCC4)n3)CC2)cc1F. The van der Waals surface area contributed by atoms with Crippen molar-refractivity contribution in [1.29, 1.82) is 0 Å². The van der Waals surface area contributed by atoms with Gasteiger partial charge in [0.05, 0.1) is 13.2 Å². The Morgan fingerprint density at radius 1 is 1.04 bits per heavy atom. The van der Waals surface area contributed by atoms with Gasteiger partial charge >= 0.3 is 0 Å². The summed E-state index contributed by atoms with van der Waals surface area (Å²) < 4.78 is 31.8. The van der Waals surface area contributed by atoms with Crippen LogP contribution < -0.4 is 10.2 Å². The summed E-state index contributed by atoms with van der Waals surface area (Å²) in [6.07, 6.45) is 3.74. The number of likely N-dealkylation sites (tertiary alicyclic amines) is 1. The third kappa shape index (κ3) is 4.74. The zero-order chi connectivity index (χ0) is 19.3. The molecule has 28 heavy (non-hydrogen) atoms. The summed E-state index contributed by atoms with van der Waals surface area (Å²) in [7, 11) is 0. The Kier molecular flexibility index (Phi) is 5.97. The molecule has 2 aliphatic rings. The number of morpholine rings is 1. The number of aromatic nitrogens is 2. The summed E-state index contributed by atoms with van der Waals surface area (Å²) in [6, 6.07) is 6.37. The summed E-state index contributed by atoms with van der Waals surface area (Å²) in [5, 5.41) is 3.52. The zero-order valence-corrected chi connectivity index (χ0v) is 15.8. The lowest BCUT2D eigenvalue weighted by Gasteiger charge is -2.33. The molecule has 3 heterocycles. The lowest BCUT2D eigenvalue weighted by molar-refractivity contribution is 0.122. The van der Waals surface area contributed by atoms with Crippen molar-refractivity contribution in [2.24, 2.45) is 0 Å². The highest BCUT2D eigenvalue weighted by atomic mass is 19.2. The van der Waals surface area contributed by atoms with Crippen molar-refractivity contribution < 1.29 is 13.5 Å². The summed E-state index contributed by atoms with van der Waals surface area (Å²) in [5.41, 5.74) is 0.802. The first-order valence-electron chi connectivity index (χ1n) is 9.76. The van der Waals surface area contributed by atoms with E-state index in [9.17, 15) is 8.78 Å². The van der Waals surface area contributed by atoms with Gasteiger partial charge in [0, 0.05) is 45.0 Å². The number of benzene rings is 1. The summed E-state index contributed by atoms with van der Waals surface area (Å²) in [4.78, 5) is 13.4. The smallest absolute Gasteiger partial charge is 0.227 e. The van der Waals surface area contributed by atoms with Gasteiger partial charge in [-0.15, -0.1) is 0 Å². The minimum atomic E-state index is -0.798. The molecular formula is C20H25F2N5O. The Morgan fingerprint density at radius 2 is 1.82 bits per heavy atom. The molecule has 1 N–H and O–H groups in total. The number of hydrogen-bond acceptors (Lipinski definition) is 6. The molecular weight excluding hydrogens is 364 g/mol. The van der Waals surface area contributed by atoms with Crippen molar-refractivity contribution in [3.05, 3.63) is 47.7 Å². The molecule has 0 spiro atoms. The Balaban J connectivity index is 1.29. The lowest BCUT2D eigenvalue weighted by Crippen LogP contribution is -2.39. The van der Waals surface area contributed by atoms with Gasteiger partial charge in [-0.3, -0.25) is 4.90 Å². The van der Waals surface area contributed by atoms with Crippen molar-refractivity contribution >= 4 is 11.8 Å². The monoisotopic (exact) mass is 389 g/mol. The zero-order valence-electron chi connectivity index (χ0n) is 15.8. The maximum absolute atomic E-state index is 13.4. The second kappa shape index (κ2) is 8.79.